The lowest BCUT2D eigenvalue weighted by atomic mass is 9.79. The Morgan fingerprint density at radius 2 is 1.80 bits per heavy atom. The molecular formula is C27H21N3O5. The Kier molecular flexibility index (Phi) is 4.81. The molecule has 0 unspecified atom stereocenters. The minimum Gasteiger partial charge on any atom is -0.462 e. The van der Waals surface area contributed by atoms with Gasteiger partial charge in [0.2, 0.25) is 5.76 Å². The van der Waals surface area contributed by atoms with E-state index in [0.717, 1.165) is 27.8 Å². The van der Waals surface area contributed by atoms with Crippen molar-refractivity contribution in [2.45, 2.75) is 12.5 Å². The van der Waals surface area contributed by atoms with Crippen molar-refractivity contribution in [2.24, 2.45) is 10.7 Å². The number of furan rings is 1. The normalized spacial score (nSPS) is 17.7. The molecule has 0 amide bonds. The molecule has 6 rings (SSSR count). The molecule has 4 heterocycles. The molecule has 2 aliphatic heterocycles. The fraction of sp³-hybridized carbons (Fsp3) is 0.148. The highest BCUT2D eigenvalue weighted by Gasteiger charge is 2.47. The fourth-order valence-electron chi connectivity index (χ4n) is 4.53. The smallest absolute Gasteiger partial charge is 0.374 e. The van der Waals surface area contributed by atoms with Crippen molar-refractivity contribution < 1.29 is 23.4 Å². The molecule has 4 aromatic rings. The number of rotatable bonds is 4. The number of nitrogens with two attached hydrogens (primary N) is 1. The number of amidine groups is 1. The lowest BCUT2D eigenvalue weighted by molar-refractivity contribution is 0.0491. The van der Waals surface area contributed by atoms with E-state index in [-0.39, 0.29) is 25.0 Å². The van der Waals surface area contributed by atoms with Gasteiger partial charge in [0.15, 0.2) is 5.54 Å². The summed E-state index contributed by atoms with van der Waals surface area (Å²) in [5, 5.41) is 0. The standard InChI is InChI=1S/C27H21N3O5/c1-2-32-25(31)24-10-9-21(34-24)17-6-8-23-20(13-17)27(15-33-26(28)30-27)19-12-16(5-7-22(19)35-23)18-4-3-11-29-14-18/h3-14H,2,15H2,1H3,(H2,28,30)/t27-/m0/s1. The molecule has 174 valence electrons. The van der Waals surface area contributed by atoms with Crippen molar-refractivity contribution >= 4 is 12.0 Å². The summed E-state index contributed by atoms with van der Waals surface area (Å²) in [5.74, 6) is 1.49. The zero-order valence-electron chi connectivity index (χ0n) is 18.9. The van der Waals surface area contributed by atoms with Crippen LogP contribution in [0.5, 0.6) is 11.5 Å². The molecule has 0 saturated carbocycles. The number of aliphatic imine (C=N–C) groups is 1. The SMILES string of the molecule is CCOC(=O)c1ccc(-c2ccc3c(c2)[C@]2(COC(N)=N2)c2cc(-c4cccnc4)ccc2O3)o1. The second kappa shape index (κ2) is 8.02. The third-order valence-electron chi connectivity index (χ3n) is 6.16. The molecule has 0 bridgehead atoms. The highest BCUT2D eigenvalue weighted by atomic mass is 16.5. The van der Waals surface area contributed by atoms with Gasteiger partial charge in [-0.25, -0.2) is 9.79 Å². The molecule has 0 aliphatic carbocycles. The van der Waals surface area contributed by atoms with E-state index in [4.69, 9.17) is 29.4 Å². The molecule has 2 aromatic heterocycles. The van der Waals surface area contributed by atoms with Crippen molar-refractivity contribution in [3.05, 3.63) is 89.9 Å². The van der Waals surface area contributed by atoms with E-state index in [1.54, 1.807) is 25.3 Å². The van der Waals surface area contributed by atoms with Gasteiger partial charge < -0.3 is 24.4 Å². The number of aromatic nitrogens is 1. The van der Waals surface area contributed by atoms with Crippen molar-refractivity contribution in [1.29, 1.82) is 0 Å². The van der Waals surface area contributed by atoms with Crippen LogP contribution >= 0.6 is 0 Å². The van der Waals surface area contributed by atoms with Gasteiger partial charge in [0, 0.05) is 34.6 Å². The first kappa shape index (κ1) is 21.0. The molecular weight excluding hydrogens is 446 g/mol. The second-order valence-corrected chi connectivity index (χ2v) is 8.25. The summed E-state index contributed by atoms with van der Waals surface area (Å²) < 4.78 is 22.8. The monoisotopic (exact) mass is 467 g/mol. The first-order chi connectivity index (χ1) is 17.1. The summed E-state index contributed by atoms with van der Waals surface area (Å²) in [6.45, 7) is 2.25. The van der Waals surface area contributed by atoms with Crippen LogP contribution in [0.4, 0.5) is 0 Å². The number of nitrogens with zero attached hydrogens (tertiary/aromatic N) is 2. The predicted octanol–water partition coefficient (Wildman–Crippen LogP) is 4.88. The van der Waals surface area contributed by atoms with Crippen LogP contribution in [0.1, 0.15) is 28.6 Å². The van der Waals surface area contributed by atoms with Crippen LogP contribution in [0.15, 0.2) is 82.5 Å². The van der Waals surface area contributed by atoms with Gasteiger partial charge in [0.25, 0.3) is 6.02 Å². The zero-order valence-corrected chi connectivity index (χ0v) is 18.9. The minimum absolute atomic E-state index is 0.114. The fourth-order valence-corrected chi connectivity index (χ4v) is 4.53. The first-order valence-corrected chi connectivity index (χ1v) is 11.2. The van der Waals surface area contributed by atoms with Gasteiger partial charge in [-0.15, -0.1) is 0 Å². The number of carbonyl (C=O) groups excluding carboxylic acids is 1. The van der Waals surface area contributed by atoms with Gasteiger partial charge in [-0.2, -0.15) is 0 Å². The van der Waals surface area contributed by atoms with Gasteiger partial charge >= 0.3 is 5.97 Å². The van der Waals surface area contributed by atoms with E-state index >= 15 is 0 Å². The molecule has 35 heavy (non-hydrogen) atoms. The van der Waals surface area contributed by atoms with Crippen molar-refractivity contribution in [1.82, 2.24) is 4.98 Å². The Morgan fingerprint density at radius 1 is 1.03 bits per heavy atom. The number of pyridine rings is 1. The average molecular weight is 467 g/mol. The van der Waals surface area contributed by atoms with Crippen LogP contribution in [0.2, 0.25) is 0 Å². The van der Waals surface area contributed by atoms with E-state index in [2.05, 4.69) is 4.98 Å². The summed E-state index contributed by atoms with van der Waals surface area (Å²) >= 11 is 0. The van der Waals surface area contributed by atoms with Crippen LogP contribution < -0.4 is 10.5 Å². The van der Waals surface area contributed by atoms with E-state index < -0.39 is 11.5 Å². The molecule has 2 N–H and O–H groups in total. The van der Waals surface area contributed by atoms with Gasteiger partial charge in [0.05, 0.1) is 6.61 Å². The molecule has 8 heteroatoms. The Morgan fingerprint density at radius 3 is 2.49 bits per heavy atom. The minimum atomic E-state index is -0.891. The molecule has 0 saturated heterocycles. The summed E-state index contributed by atoms with van der Waals surface area (Å²) in [5.41, 5.74) is 9.48. The zero-order chi connectivity index (χ0) is 24.0. The Hall–Kier alpha value is -4.59. The van der Waals surface area contributed by atoms with Gasteiger partial charge in [0.1, 0.15) is 23.9 Å². The maximum atomic E-state index is 12.1. The van der Waals surface area contributed by atoms with E-state index in [0.29, 0.717) is 17.3 Å². The summed E-state index contributed by atoms with van der Waals surface area (Å²) in [6, 6.07) is 19.0. The van der Waals surface area contributed by atoms with Crippen molar-refractivity contribution in [3.63, 3.8) is 0 Å². The lowest BCUT2D eigenvalue weighted by Gasteiger charge is -2.34. The summed E-state index contributed by atoms with van der Waals surface area (Å²) in [4.78, 5) is 21.1. The largest absolute Gasteiger partial charge is 0.462 e. The molecule has 2 aliphatic rings. The van der Waals surface area contributed by atoms with Crippen LogP contribution in [0.3, 0.4) is 0 Å². The molecule has 0 radical (unpaired) electrons. The number of hydrogen-bond donors (Lipinski definition) is 1. The van der Waals surface area contributed by atoms with Gasteiger partial charge in [-0.3, -0.25) is 4.98 Å². The highest BCUT2D eigenvalue weighted by molar-refractivity contribution is 5.87. The molecule has 2 aromatic carbocycles. The molecule has 8 nitrogen and oxygen atoms in total. The first-order valence-electron chi connectivity index (χ1n) is 11.2. The highest BCUT2D eigenvalue weighted by Crippen LogP contribution is 2.52. The lowest BCUT2D eigenvalue weighted by Crippen LogP contribution is -2.31. The molecule has 1 spiro atoms. The Labute approximate surface area is 201 Å². The van der Waals surface area contributed by atoms with E-state index in [9.17, 15) is 4.79 Å². The predicted molar refractivity (Wildman–Crippen MR) is 128 cm³/mol. The van der Waals surface area contributed by atoms with Crippen LogP contribution in [0.25, 0.3) is 22.5 Å². The average Bonchev–Trinajstić information content (AvgIpc) is 3.53. The maximum absolute atomic E-state index is 12.1. The Balaban J connectivity index is 1.47. The topological polar surface area (TPSA) is 109 Å². The summed E-state index contributed by atoms with van der Waals surface area (Å²) in [7, 11) is 0. The maximum Gasteiger partial charge on any atom is 0.374 e. The van der Waals surface area contributed by atoms with Crippen LogP contribution in [0, 0.1) is 0 Å². The third-order valence-corrected chi connectivity index (χ3v) is 6.16. The molecule has 1 atom stereocenters. The Bertz CT molecular complexity index is 1480. The van der Waals surface area contributed by atoms with E-state index in [1.165, 1.54) is 0 Å². The second-order valence-electron chi connectivity index (χ2n) is 8.25. The van der Waals surface area contributed by atoms with Crippen molar-refractivity contribution in [2.75, 3.05) is 13.2 Å². The number of benzene rings is 2. The van der Waals surface area contributed by atoms with Crippen LogP contribution in [-0.4, -0.2) is 30.2 Å². The van der Waals surface area contributed by atoms with E-state index in [1.807, 2.05) is 54.7 Å². The quantitative estimate of drug-likeness (QED) is 0.426. The third kappa shape index (κ3) is 3.42. The molecule has 0 fully saturated rings. The van der Waals surface area contributed by atoms with Crippen LogP contribution in [-0.2, 0) is 15.0 Å². The number of ether oxygens (including phenoxy) is 3. The summed E-state index contributed by atoms with van der Waals surface area (Å²) in [6.07, 6.45) is 3.55. The number of esters is 1. The number of fused-ring (bicyclic) bond motifs is 4. The number of hydrogen-bond acceptors (Lipinski definition) is 8. The van der Waals surface area contributed by atoms with Crippen molar-refractivity contribution in [3.8, 4) is 33.9 Å². The van der Waals surface area contributed by atoms with Gasteiger partial charge in [-0.1, -0.05) is 12.1 Å². The van der Waals surface area contributed by atoms with Gasteiger partial charge in [-0.05, 0) is 61.0 Å². The number of carbonyl (C=O) groups is 1.